The van der Waals surface area contributed by atoms with E-state index in [4.69, 9.17) is 11.6 Å². The fraction of sp³-hybridized carbons (Fsp3) is 0.375. The molecule has 2 rings (SSSR count). The van der Waals surface area contributed by atoms with Gasteiger partial charge < -0.3 is 4.74 Å². The molecule has 1 aromatic rings. The molecule has 0 unspecified atom stereocenters. The van der Waals surface area contributed by atoms with Crippen LogP contribution in [0.3, 0.4) is 0 Å². The molecule has 0 aromatic heterocycles. The van der Waals surface area contributed by atoms with Crippen LogP contribution >= 0.6 is 23.4 Å². The van der Waals surface area contributed by atoms with Gasteiger partial charge in [0, 0.05) is 31.1 Å². The standard InChI is InChI=1S/C16H17ClFNO3S/c1-22-16(21)13(8-11-2-3-12(18)9-14(11)17)15(20)4-5-19-6-7-23-10-19/h2-3,8-9H,4-7,10H2,1H3/b13-8+. The van der Waals surface area contributed by atoms with E-state index in [0.29, 0.717) is 12.1 Å². The Morgan fingerprint density at radius 2 is 2.26 bits per heavy atom. The fourth-order valence-electron chi connectivity index (χ4n) is 2.16. The highest BCUT2D eigenvalue weighted by Gasteiger charge is 2.21. The predicted octanol–water partition coefficient (Wildman–Crippen LogP) is 3.00. The molecule has 23 heavy (non-hydrogen) atoms. The Balaban J connectivity index is 2.16. The fourth-order valence-corrected chi connectivity index (χ4v) is 3.41. The van der Waals surface area contributed by atoms with Gasteiger partial charge in [0.05, 0.1) is 12.1 Å². The second kappa shape index (κ2) is 8.47. The SMILES string of the molecule is COC(=O)/C(=C/c1ccc(F)cc1Cl)C(=O)CCN1CCSC1. The Bertz CT molecular complexity index is 630. The van der Waals surface area contributed by atoms with Gasteiger partial charge in [-0.25, -0.2) is 9.18 Å². The van der Waals surface area contributed by atoms with Gasteiger partial charge in [0.2, 0.25) is 0 Å². The number of esters is 1. The number of halogens is 2. The van der Waals surface area contributed by atoms with Crippen molar-refractivity contribution in [1.29, 1.82) is 0 Å². The number of thioether (sulfide) groups is 1. The lowest BCUT2D eigenvalue weighted by Gasteiger charge is -2.13. The molecule has 1 saturated heterocycles. The molecule has 1 aliphatic heterocycles. The number of benzene rings is 1. The normalized spacial score (nSPS) is 15.7. The largest absolute Gasteiger partial charge is 0.465 e. The molecular formula is C16H17ClFNO3S. The number of carbonyl (C=O) groups is 2. The molecule has 124 valence electrons. The first-order chi connectivity index (χ1) is 11.0. The van der Waals surface area contributed by atoms with E-state index in [0.717, 1.165) is 24.2 Å². The van der Waals surface area contributed by atoms with Crippen molar-refractivity contribution in [2.75, 3.05) is 31.8 Å². The maximum absolute atomic E-state index is 13.1. The number of hydrogen-bond donors (Lipinski definition) is 0. The summed E-state index contributed by atoms with van der Waals surface area (Å²) >= 11 is 7.76. The van der Waals surface area contributed by atoms with Crippen LogP contribution < -0.4 is 0 Å². The van der Waals surface area contributed by atoms with Crippen LogP contribution in [-0.4, -0.2) is 48.5 Å². The average molecular weight is 358 g/mol. The zero-order valence-corrected chi connectivity index (χ0v) is 14.3. The Morgan fingerprint density at radius 1 is 1.48 bits per heavy atom. The Morgan fingerprint density at radius 3 is 2.87 bits per heavy atom. The lowest BCUT2D eigenvalue weighted by Crippen LogP contribution is -2.25. The van der Waals surface area contributed by atoms with Crippen LogP contribution in [0.15, 0.2) is 23.8 Å². The number of nitrogens with zero attached hydrogens (tertiary/aromatic N) is 1. The molecule has 1 aliphatic rings. The number of carbonyl (C=O) groups excluding carboxylic acids is 2. The summed E-state index contributed by atoms with van der Waals surface area (Å²) in [5.74, 6) is 0.443. The summed E-state index contributed by atoms with van der Waals surface area (Å²) in [4.78, 5) is 26.4. The Kier molecular flexibility index (Phi) is 6.62. The first-order valence-corrected chi connectivity index (χ1v) is 8.63. The highest BCUT2D eigenvalue weighted by atomic mass is 35.5. The average Bonchev–Trinajstić information content (AvgIpc) is 3.04. The highest BCUT2D eigenvalue weighted by Crippen LogP contribution is 2.21. The maximum atomic E-state index is 13.1. The van der Waals surface area contributed by atoms with Crippen LogP contribution in [0.1, 0.15) is 12.0 Å². The molecule has 1 aromatic carbocycles. The lowest BCUT2D eigenvalue weighted by atomic mass is 10.0. The van der Waals surface area contributed by atoms with Gasteiger partial charge in [-0.3, -0.25) is 9.69 Å². The van der Waals surface area contributed by atoms with Crippen molar-refractivity contribution in [2.45, 2.75) is 6.42 Å². The van der Waals surface area contributed by atoms with Crippen molar-refractivity contribution < 1.29 is 18.7 Å². The van der Waals surface area contributed by atoms with Crippen molar-refractivity contribution >= 4 is 41.2 Å². The minimum Gasteiger partial charge on any atom is -0.465 e. The summed E-state index contributed by atoms with van der Waals surface area (Å²) in [6.07, 6.45) is 1.58. The van der Waals surface area contributed by atoms with Gasteiger partial charge in [-0.2, -0.15) is 0 Å². The molecule has 1 heterocycles. The summed E-state index contributed by atoms with van der Waals surface area (Å²) in [6.45, 7) is 1.54. The van der Waals surface area contributed by atoms with E-state index in [1.54, 1.807) is 0 Å². The van der Waals surface area contributed by atoms with Crippen LogP contribution in [0.4, 0.5) is 4.39 Å². The molecule has 4 nitrogen and oxygen atoms in total. The van der Waals surface area contributed by atoms with E-state index >= 15 is 0 Å². The topological polar surface area (TPSA) is 46.6 Å². The third-order valence-electron chi connectivity index (χ3n) is 3.45. The van der Waals surface area contributed by atoms with Crippen LogP contribution in [0.2, 0.25) is 5.02 Å². The molecule has 0 radical (unpaired) electrons. The predicted molar refractivity (Wildman–Crippen MR) is 89.9 cm³/mol. The van der Waals surface area contributed by atoms with Gasteiger partial charge in [-0.1, -0.05) is 17.7 Å². The Hall–Kier alpha value is -1.37. The molecule has 1 fully saturated rings. The number of ether oxygens (including phenoxy) is 1. The van der Waals surface area contributed by atoms with Gasteiger partial charge in [-0.05, 0) is 23.8 Å². The molecule has 0 amide bonds. The van der Waals surface area contributed by atoms with Crippen LogP contribution in [0, 0.1) is 5.82 Å². The highest BCUT2D eigenvalue weighted by molar-refractivity contribution is 7.99. The molecule has 0 bridgehead atoms. The molecule has 0 aliphatic carbocycles. The third-order valence-corrected chi connectivity index (χ3v) is 4.80. The van der Waals surface area contributed by atoms with E-state index in [1.807, 2.05) is 11.8 Å². The quantitative estimate of drug-likeness (QED) is 0.339. The minimum atomic E-state index is -0.716. The number of hydrogen-bond acceptors (Lipinski definition) is 5. The minimum absolute atomic E-state index is 0.0761. The molecule has 0 atom stereocenters. The van der Waals surface area contributed by atoms with Crippen molar-refractivity contribution in [2.24, 2.45) is 0 Å². The molecule has 0 spiro atoms. The molecular weight excluding hydrogens is 341 g/mol. The van der Waals surface area contributed by atoms with E-state index in [9.17, 15) is 14.0 Å². The van der Waals surface area contributed by atoms with Crippen molar-refractivity contribution in [3.63, 3.8) is 0 Å². The lowest BCUT2D eigenvalue weighted by molar-refractivity contribution is -0.137. The van der Waals surface area contributed by atoms with Crippen LogP contribution in [-0.2, 0) is 14.3 Å². The number of methoxy groups -OCH3 is 1. The van der Waals surface area contributed by atoms with E-state index in [-0.39, 0.29) is 22.8 Å². The number of ketones is 1. The van der Waals surface area contributed by atoms with E-state index in [2.05, 4.69) is 9.64 Å². The van der Waals surface area contributed by atoms with Gasteiger partial charge in [0.1, 0.15) is 11.4 Å². The number of rotatable bonds is 6. The van der Waals surface area contributed by atoms with Crippen LogP contribution in [0.25, 0.3) is 6.08 Å². The maximum Gasteiger partial charge on any atom is 0.341 e. The van der Waals surface area contributed by atoms with Crippen LogP contribution in [0.5, 0.6) is 0 Å². The molecule has 7 heteroatoms. The van der Waals surface area contributed by atoms with Gasteiger partial charge >= 0.3 is 5.97 Å². The zero-order valence-electron chi connectivity index (χ0n) is 12.7. The smallest absolute Gasteiger partial charge is 0.341 e. The second-order valence-electron chi connectivity index (χ2n) is 5.04. The van der Waals surface area contributed by atoms with Crippen molar-refractivity contribution in [3.05, 3.63) is 40.2 Å². The molecule has 0 N–H and O–H groups in total. The zero-order chi connectivity index (χ0) is 16.8. The van der Waals surface area contributed by atoms with Crippen molar-refractivity contribution in [1.82, 2.24) is 4.90 Å². The monoisotopic (exact) mass is 357 g/mol. The summed E-state index contributed by atoms with van der Waals surface area (Å²) in [5, 5.41) is 0.134. The summed E-state index contributed by atoms with van der Waals surface area (Å²) in [5.41, 5.74) is 0.325. The van der Waals surface area contributed by atoms with E-state index in [1.165, 1.54) is 25.3 Å². The van der Waals surface area contributed by atoms with Gasteiger partial charge in [-0.15, -0.1) is 11.8 Å². The first kappa shape index (κ1) is 18.0. The second-order valence-corrected chi connectivity index (χ2v) is 6.53. The Labute approximate surface area is 143 Å². The summed E-state index contributed by atoms with van der Waals surface area (Å²) in [6, 6.07) is 3.78. The summed E-state index contributed by atoms with van der Waals surface area (Å²) < 4.78 is 17.8. The summed E-state index contributed by atoms with van der Waals surface area (Å²) in [7, 11) is 1.22. The van der Waals surface area contributed by atoms with Crippen molar-refractivity contribution in [3.8, 4) is 0 Å². The molecule has 0 saturated carbocycles. The van der Waals surface area contributed by atoms with Gasteiger partial charge in [0.15, 0.2) is 5.78 Å². The van der Waals surface area contributed by atoms with E-state index < -0.39 is 11.8 Å². The number of Topliss-reactive ketones (excluding diaryl/α,β-unsaturated/α-hetero) is 1. The first-order valence-electron chi connectivity index (χ1n) is 7.09. The van der Waals surface area contributed by atoms with Gasteiger partial charge in [0.25, 0.3) is 0 Å². The third kappa shape index (κ3) is 5.06.